The molecule has 0 fully saturated rings. The number of halogens is 1. The summed E-state index contributed by atoms with van der Waals surface area (Å²) in [6, 6.07) is 2.38. The van der Waals surface area contributed by atoms with E-state index in [9.17, 15) is 0 Å². The van der Waals surface area contributed by atoms with Crippen molar-refractivity contribution in [1.29, 1.82) is 0 Å². The lowest BCUT2D eigenvalue weighted by molar-refractivity contribution is 0.585. The maximum atomic E-state index is 6.04. The molecule has 0 spiro atoms. The van der Waals surface area contributed by atoms with Gasteiger partial charge in [-0.3, -0.25) is 4.98 Å². The van der Waals surface area contributed by atoms with Crippen molar-refractivity contribution in [2.45, 2.75) is 33.4 Å². The average Bonchev–Trinajstić information content (AvgIpc) is 2.67. The van der Waals surface area contributed by atoms with Crippen LogP contribution in [-0.4, -0.2) is 20.8 Å². The molecule has 2 aromatic heterocycles. The fraction of sp³-hybridized carbons (Fsp3) is 0.385. The highest BCUT2D eigenvalue weighted by Crippen LogP contribution is 2.18. The van der Waals surface area contributed by atoms with Gasteiger partial charge in [-0.15, -0.1) is 0 Å². The van der Waals surface area contributed by atoms with Gasteiger partial charge in [0.15, 0.2) is 0 Å². The molecule has 0 aliphatic rings. The van der Waals surface area contributed by atoms with Crippen LogP contribution in [0.2, 0.25) is 5.02 Å². The highest BCUT2D eigenvalue weighted by molar-refractivity contribution is 6.31. The van der Waals surface area contributed by atoms with Gasteiger partial charge in [0, 0.05) is 36.7 Å². The summed E-state index contributed by atoms with van der Waals surface area (Å²) in [5.74, 6) is 0. The quantitative estimate of drug-likeness (QED) is 0.923. The predicted octanol–water partition coefficient (Wildman–Crippen LogP) is 2.73. The molecule has 2 heterocycles. The summed E-state index contributed by atoms with van der Waals surface area (Å²) in [7, 11) is 0. The normalized spacial score (nSPS) is 11.2. The summed E-state index contributed by atoms with van der Waals surface area (Å²) in [6.45, 7) is 6.89. The smallest absolute Gasteiger partial charge is 0.0819 e. The Kier molecular flexibility index (Phi) is 3.99. The van der Waals surface area contributed by atoms with Crippen LogP contribution in [-0.2, 0) is 6.54 Å². The second-order valence-corrected chi connectivity index (χ2v) is 4.95. The Morgan fingerprint density at radius 2 is 2.22 bits per heavy atom. The Balaban J connectivity index is 2.32. The lowest BCUT2D eigenvalue weighted by atomic mass is 10.2. The molecule has 0 unspecified atom stereocenters. The lowest BCUT2D eigenvalue weighted by Gasteiger charge is -2.11. The molecule has 2 aromatic rings. The van der Waals surface area contributed by atoms with Crippen molar-refractivity contribution in [3.05, 3.63) is 40.9 Å². The molecule has 5 heteroatoms. The van der Waals surface area contributed by atoms with Crippen LogP contribution in [0.15, 0.2) is 24.7 Å². The largest absolute Gasteiger partial charge is 0.310 e. The molecule has 0 radical (unpaired) electrons. The van der Waals surface area contributed by atoms with E-state index in [0.717, 1.165) is 23.5 Å². The number of nitrogens with zero attached hydrogens (tertiary/aromatic N) is 3. The van der Waals surface area contributed by atoms with E-state index in [1.807, 2.05) is 25.4 Å². The molecule has 0 bridgehead atoms. The van der Waals surface area contributed by atoms with E-state index in [2.05, 4.69) is 29.2 Å². The first-order valence-corrected chi connectivity index (χ1v) is 6.34. The first kappa shape index (κ1) is 13.1. The van der Waals surface area contributed by atoms with Gasteiger partial charge in [0.25, 0.3) is 0 Å². The Bertz CT molecular complexity index is 514. The SMILES string of the molecule is Cc1nn(-c2ccncc2CNC(C)C)cc1Cl. The fourth-order valence-electron chi connectivity index (χ4n) is 1.66. The number of rotatable bonds is 4. The molecule has 0 aliphatic carbocycles. The zero-order valence-corrected chi connectivity index (χ0v) is 11.6. The summed E-state index contributed by atoms with van der Waals surface area (Å²) in [4.78, 5) is 4.16. The van der Waals surface area contributed by atoms with Crippen molar-refractivity contribution < 1.29 is 0 Å². The fourth-order valence-corrected chi connectivity index (χ4v) is 1.79. The van der Waals surface area contributed by atoms with Crippen LogP contribution in [0.25, 0.3) is 5.69 Å². The van der Waals surface area contributed by atoms with Gasteiger partial charge in [-0.05, 0) is 13.0 Å². The molecule has 0 aromatic carbocycles. The summed E-state index contributed by atoms with van der Waals surface area (Å²) in [5, 5.41) is 8.45. The van der Waals surface area contributed by atoms with Crippen molar-refractivity contribution in [3.8, 4) is 5.69 Å². The van der Waals surface area contributed by atoms with Crippen molar-refractivity contribution in [2.24, 2.45) is 0 Å². The third-order valence-corrected chi connectivity index (χ3v) is 3.04. The third-order valence-electron chi connectivity index (χ3n) is 2.66. The van der Waals surface area contributed by atoms with E-state index in [1.165, 1.54) is 0 Å². The number of hydrogen-bond acceptors (Lipinski definition) is 3. The predicted molar refractivity (Wildman–Crippen MR) is 73.1 cm³/mol. The van der Waals surface area contributed by atoms with Crippen LogP contribution in [0.1, 0.15) is 25.1 Å². The molecule has 0 amide bonds. The maximum absolute atomic E-state index is 6.04. The minimum absolute atomic E-state index is 0.431. The van der Waals surface area contributed by atoms with Gasteiger partial charge in [-0.25, -0.2) is 4.68 Å². The van der Waals surface area contributed by atoms with Crippen molar-refractivity contribution >= 4 is 11.6 Å². The van der Waals surface area contributed by atoms with Crippen LogP contribution in [0.3, 0.4) is 0 Å². The second-order valence-electron chi connectivity index (χ2n) is 4.55. The molecule has 2 rings (SSSR count). The number of hydrogen-bond donors (Lipinski definition) is 1. The summed E-state index contributed by atoms with van der Waals surface area (Å²) >= 11 is 6.04. The highest BCUT2D eigenvalue weighted by atomic mass is 35.5. The molecule has 0 saturated heterocycles. The standard InChI is InChI=1S/C13H17ClN4/c1-9(2)16-7-11-6-15-5-4-13(11)18-8-12(14)10(3)17-18/h4-6,8-9,16H,7H2,1-3H3. The van der Waals surface area contributed by atoms with Crippen LogP contribution < -0.4 is 5.32 Å². The van der Waals surface area contributed by atoms with E-state index in [-0.39, 0.29) is 0 Å². The van der Waals surface area contributed by atoms with E-state index < -0.39 is 0 Å². The third kappa shape index (κ3) is 2.89. The highest BCUT2D eigenvalue weighted by Gasteiger charge is 2.08. The number of pyridine rings is 1. The first-order chi connectivity index (χ1) is 8.58. The summed E-state index contributed by atoms with van der Waals surface area (Å²) in [6.07, 6.45) is 5.44. The van der Waals surface area contributed by atoms with Gasteiger partial charge in [-0.2, -0.15) is 5.10 Å². The Hall–Kier alpha value is -1.39. The minimum atomic E-state index is 0.431. The molecule has 1 N–H and O–H groups in total. The Morgan fingerprint density at radius 1 is 1.44 bits per heavy atom. The number of aryl methyl sites for hydroxylation is 1. The number of nitrogens with one attached hydrogen (secondary N) is 1. The second kappa shape index (κ2) is 5.50. The van der Waals surface area contributed by atoms with Gasteiger partial charge >= 0.3 is 0 Å². The molecule has 0 saturated carbocycles. The van der Waals surface area contributed by atoms with Gasteiger partial charge in [0.1, 0.15) is 0 Å². The Labute approximate surface area is 112 Å². The molecule has 96 valence electrons. The van der Waals surface area contributed by atoms with Gasteiger partial charge in [0.05, 0.1) is 16.4 Å². The molecule has 18 heavy (non-hydrogen) atoms. The van der Waals surface area contributed by atoms with Crippen molar-refractivity contribution in [2.75, 3.05) is 0 Å². The van der Waals surface area contributed by atoms with Crippen LogP contribution in [0.5, 0.6) is 0 Å². The van der Waals surface area contributed by atoms with Crippen molar-refractivity contribution in [1.82, 2.24) is 20.1 Å². The monoisotopic (exact) mass is 264 g/mol. The lowest BCUT2D eigenvalue weighted by Crippen LogP contribution is -2.22. The van der Waals surface area contributed by atoms with Crippen LogP contribution in [0.4, 0.5) is 0 Å². The minimum Gasteiger partial charge on any atom is -0.310 e. The summed E-state index contributed by atoms with van der Waals surface area (Å²) in [5.41, 5.74) is 2.94. The topological polar surface area (TPSA) is 42.7 Å². The van der Waals surface area contributed by atoms with Gasteiger partial charge < -0.3 is 5.32 Å². The van der Waals surface area contributed by atoms with Crippen LogP contribution >= 0.6 is 11.6 Å². The zero-order valence-electron chi connectivity index (χ0n) is 10.8. The Morgan fingerprint density at radius 3 is 2.83 bits per heavy atom. The zero-order chi connectivity index (χ0) is 13.1. The maximum Gasteiger partial charge on any atom is 0.0819 e. The van der Waals surface area contributed by atoms with Crippen LogP contribution in [0, 0.1) is 6.92 Å². The van der Waals surface area contributed by atoms with Crippen molar-refractivity contribution in [3.63, 3.8) is 0 Å². The number of aromatic nitrogens is 3. The molecule has 4 nitrogen and oxygen atoms in total. The molecular weight excluding hydrogens is 248 g/mol. The molecular formula is C13H17ClN4. The van der Waals surface area contributed by atoms with Gasteiger partial charge in [0.2, 0.25) is 0 Å². The van der Waals surface area contributed by atoms with E-state index in [4.69, 9.17) is 11.6 Å². The average molecular weight is 265 g/mol. The van der Waals surface area contributed by atoms with E-state index in [0.29, 0.717) is 11.1 Å². The van der Waals surface area contributed by atoms with Gasteiger partial charge in [-0.1, -0.05) is 25.4 Å². The summed E-state index contributed by atoms with van der Waals surface area (Å²) < 4.78 is 1.80. The van der Waals surface area contributed by atoms with E-state index >= 15 is 0 Å². The molecule has 0 aliphatic heterocycles. The first-order valence-electron chi connectivity index (χ1n) is 5.96. The molecule has 0 atom stereocenters. The van der Waals surface area contributed by atoms with E-state index in [1.54, 1.807) is 10.9 Å².